The summed E-state index contributed by atoms with van der Waals surface area (Å²) in [5, 5.41) is 13.9. The number of fused-ring (bicyclic) bond motifs is 1. The molecule has 20 heavy (non-hydrogen) atoms. The molecule has 5 nitrogen and oxygen atoms in total. The highest BCUT2D eigenvalue weighted by Gasteiger charge is 2.02. The zero-order valence-electron chi connectivity index (χ0n) is 10.9. The molecule has 0 saturated heterocycles. The van der Waals surface area contributed by atoms with Crippen LogP contribution in [-0.4, -0.2) is 28.1 Å². The second kappa shape index (κ2) is 5.05. The number of rotatable bonds is 3. The molecular formula is C15H13N3O2. The van der Waals surface area contributed by atoms with Crippen molar-refractivity contribution >= 4 is 17.2 Å². The highest BCUT2D eigenvalue weighted by atomic mass is 16.5. The van der Waals surface area contributed by atoms with E-state index in [-0.39, 0.29) is 5.75 Å². The molecule has 100 valence electrons. The first kappa shape index (κ1) is 12.2. The Hall–Kier alpha value is -2.82. The van der Waals surface area contributed by atoms with E-state index in [1.807, 2.05) is 24.3 Å². The lowest BCUT2D eigenvalue weighted by atomic mass is 10.2. The fourth-order valence-electron chi connectivity index (χ4n) is 1.94. The van der Waals surface area contributed by atoms with Crippen LogP contribution in [0.2, 0.25) is 0 Å². The summed E-state index contributed by atoms with van der Waals surface area (Å²) in [5.41, 5.74) is 2.67. The summed E-state index contributed by atoms with van der Waals surface area (Å²) in [5.74, 6) is 0.530. The molecule has 5 heteroatoms. The number of aromatic hydroxyl groups is 1. The van der Waals surface area contributed by atoms with E-state index in [1.165, 1.54) is 7.11 Å². The van der Waals surface area contributed by atoms with E-state index in [0.717, 1.165) is 16.6 Å². The van der Waals surface area contributed by atoms with Crippen molar-refractivity contribution in [3.05, 3.63) is 54.4 Å². The highest BCUT2D eigenvalue weighted by Crippen LogP contribution is 2.25. The zero-order chi connectivity index (χ0) is 13.9. The van der Waals surface area contributed by atoms with E-state index in [2.05, 4.69) is 10.1 Å². The van der Waals surface area contributed by atoms with E-state index >= 15 is 0 Å². The maximum atomic E-state index is 9.54. The Balaban J connectivity index is 1.94. The number of phenols is 1. The van der Waals surface area contributed by atoms with Crippen LogP contribution < -0.4 is 4.74 Å². The molecule has 0 aliphatic carbocycles. The minimum absolute atomic E-state index is 0.109. The number of ether oxygens (including phenoxy) is 1. The largest absolute Gasteiger partial charge is 0.504 e. The minimum Gasteiger partial charge on any atom is -0.504 e. The number of hydrogen-bond acceptors (Lipinski definition) is 4. The molecule has 1 heterocycles. The van der Waals surface area contributed by atoms with Gasteiger partial charge in [0.1, 0.15) is 6.33 Å². The fraction of sp³-hybridized carbons (Fsp3) is 0.0667. The molecule has 0 amide bonds. The Kier molecular flexibility index (Phi) is 3.09. The lowest BCUT2D eigenvalue weighted by Crippen LogP contribution is -1.90. The monoisotopic (exact) mass is 267 g/mol. The average molecular weight is 267 g/mol. The molecule has 1 aromatic heterocycles. The van der Waals surface area contributed by atoms with Gasteiger partial charge in [-0.3, -0.25) is 0 Å². The Morgan fingerprint density at radius 1 is 1.25 bits per heavy atom. The molecule has 0 aliphatic heterocycles. The molecule has 0 fully saturated rings. The first-order valence-corrected chi connectivity index (χ1v) is 6.11. The van der Waals surface area contributed by atoms with Gasteiger partial charge in [0.25, 0.3) is 0 Å². The van der Waals surface area contributed by atoms with Crippen LogP contribution in [0.3, 0.4) is 0 Å². The Bertz CT molecular complexity index is 778. The Morgan fingerprint density at radius 3 is 2.95 bits per heavy atom. The number of nitrogens with zero attached hydrogens (tertiary/aromatic N) is 3. The van der Waals surface area contributed by atoms with Crippen LogP contribution in [0.1, 0.15) is 5.56 Å². The van der Waals surface area contributed by atoms with Crippen molar-refractivity contribution in [2.24, 2.45) is 5.10 Å². The lowest BCUT2D eigenvalue weighted by molar-refractivity contribution is 0.373. The van der Waals surface area contributed by atoms with Crippen LogP contribution in [0.4, 0.5) is 0 Å². The number of aromatic nitrogens is 2. The second-order valence-corrected chi connectivity index (χ2v) is 4.25. The van der Waals surface area contributed by atoms with Gasteiger partial charge in [0.15, 0.2) is 11.5 Å². The van der Waals surface area contributed by atoms with Gasteiger partial charge in [-0.05, 0) is 35.9 Å². The second-order valence-electron chi connectivity index (χ2n) is 4.25. The van der Waals surface area contributed by atoms with Gasteiger partial charge < -0.3 is 9.84 Å². The number of methoxy groups -OCH3 is 1. The maximum Gasteiger partial charge on any atom is 0.161 e. The highest BCUT2D eigenvalue weighted by molar-refractivity contribution is 5.82. The van der Waals surface area contributed by atoms with Crippen LogP contribution >= 0.6 is 0 Å². The maximum absolute atomic E-state index is 9.54. The van der Waals surface area contributed by atoms with Crippen LogP contribution in [0.15, 0.2) is 53.9 Å². The molecule has 2 aromatic carbocycles. The molecular weight excluding hydrogens is 254 g/mol. The predicted octanol–water partition coefficient (Wildman–Crippen LogP) is 2.63. The van der Waals surface area contributed by atoms with E-state index in [0.29, 0.717) is 5.75 Å². The quantitative estimate of drug-likeness (QED) is 0.742. The van der Waals surface area contributed by atoms with Gasteiger partial charge in [-0.15, -0.1) is 0 Å². The van der Waals surface area contributed by atoms with Crippen LogP contribution in [0.25, 0.3) is 11.0 Å². The molecule has 0 atom stereocenters. The summed E-state index contributed by atoms with van der Waals surface area (Å²) in [6, 6.07) is 12.8. The first-order valence-electron chi connectivity index (χ1n) is 6.11. The molecule has 1 N–H and O–H groups in total. The number of para-hydroxylation sites is 2. The number of phenolic OH excluding ortho intramolecular Hbond substituents is 1. The first-order chi connectivity index (χ1) is 9.78. The number of imidazole rings is 1. The zero-order valence-corrected chi connectivity index (χ0v) is 10.9. The van der Waals surface area contributed by atoms with Crippen molar-refractivity contribution in [3.8, 4) is 11.5 Å². The third-order valence-corrected chi connectivity index (χ3v) is 2.97. The van der Waals surface area contributed by atoms with Crippen molar-refractivity contribution in [1.82, 2.24) is 9.66 Å². The molecule has 0 saturated carbocycles. The summed E-state index contributed by atoms with van der Waals surface area (Å²) < 4.78 is 6.77. The molecule has 3 rings (SSSR count). The lowest BCUT2D eigenvalue weighted by Gasteiger charge is -2.03. The summed E-state index contributed by atoms with van der Waals surface area (Å²) in [6.07, 6.45) is 3.36. The third kappa shape index (κ3) is 2.21. The standard InChI is InChI=1S/C15H13N3O2/c1-20-15-8-11(6-7-14(15)19)9-17-18-10-16-12-4-2-3-5-13(12)18/h2-10,19H,1H3/b17-9+. The van der Waals surface area contributed by atoms with Crippen LogP contribution in [0.5, 0.6) is 11.5 Å². The minimum atomic E-state index is 0.109. The van der Waals surface area contributed by atoms with Gasteiger partial charge in [-0.1, -0.05) is 12.1 Å². The van der Waals surface area contributed by atoms with E-state index in [9.17, 15) is 5.11 Å². The molecule has 0 unspecified atom stereocenters. The van der Waals surface area contributed by atoms with Crippen molar-refractivity contribution < 1.29 is 9.84 Å². The van der Waals surface area contributed by atoms with Gasteiger partial charge >= 0.3 is 0 Å². The molecule has 0 aliphatic rings. The van der Waals surface area contributed by atoms with E-state index in [1.54, 1.807) is 35.4 Å². The summed E-state index contributed by atoms with van der Waals surface area (Å²) in [4.78, 5) is 4.26. The van der Waals surface area contributed by atoms with Gasteiger partial charge in [0, 0.05) is 0 Å². The van der Waals surface area contributed by atoms with Gasteiger partial charge in [0.2, 0.25) is 0 Å². The van der Waals surface area contributed by atoms with Crippen molar-refractivity contribution in [2.75, 3.05) is 7.11 Å². The van der Waals surface area contributed by atoms with Crippen molar-refractivity contribution in [1.29, 1.82) is 0 Å². The molecule has 3 aromatic rings. The topological polar surface area (TPSA) is 59.6 Å². The summed E-state index contributed by atoms with van der Waals surface area (Å²) >= 11 is 0. The summed E-state index contributed by atoms with van der Waals surface area (Å²) in [7, 11) is 1.51. The normalized spacial score (nSPS) is 11.2. The van der Waals surface area contributed by atoms with Gasteiger partial charge in [-0.25, -0.2) is 9.66 Å². The Labute approximate surface area is 115 Å². The fourth-order valence-corrected chi connectivity index (χ4v) is 1.94. The molecule has 0 radical (unpaired) electrons. The van der Waals surface area contributed by atoms with Crippen LogP contribution in [0, 0.1) is 0 Å². The Morgan fingerprint density at radius 2 is 2.10 bits per heavy atom. The number of benzene rings is 2. The summed E-state index contributed by atoms with van der Waals surface area (Å²) in [6.45, 7) is 0. The third-order valence-electron chi connectivity index (χ3n) is 2.97. The smallest absolute Gasteiger partial charge is 0.161 e. The number of hydrogen-bond donors (Lipinski definition) is 1. The van der Waals surface area contributed by atoms with Crippen LogP contribution in [-0.2, 0) is 0 Å². The predicted molar refractivity (Wildman–Crippen MR) is 77.4 cm³/mol. The van der Waals surface area contributed by atoms with Gasteiger partial charge in [0.05, 0.1) is 24.4 Å². The molecule has 0 bridgehead atoms. The SMILES string of the molecule is COc1cc(/C=N/n2cnc3ccccc32)ccc1O. The van der Waals surface area contributed by atoms with Crippen molar-refractivity contribution in [3.63, 3.8) is 0 Å². The van der Waals surface area contributed by atoms with E-state index < -0.39 is 0 Å². The molecule has 0 spiro atoms. The van der Waals surface area contributed by atoms with Gasteiger partial charge in [-0.2, -0.15) is 5.10 Å². The van der Waals surface area contributed by atoms with Crippen molar-refractivity contribution in [2.45, 2.75) is 0 Å². The average Bonchev–Trinajstić information content (AvgIpc) is 2.90. The van der Waals surface area contributed by atoms with E-state index in [4.69, 9.17) is 4.74 Å².